The van der Waals surface area contributed by atoms with Crippen molar-refractivity contribution in [2.24, 2.45) is 0 Å². The van der Waals surface area contributed by atoms with Crippen LogP contribution in [0.1, 0.15) is 32.6 Å². The van der Waals surface area contributed by atoms with E-state index in [0.717, 1.165) is 33.3 Å². The third-order valence-corrected chi connectivity index (χ3v) is 5.30. The molecule has 0 saturated heterocycles. The van der Waals surface area contributed by atoms with E-state index < -0.39 is 0 Å². The number of fused-ring (bicyclic) bond motifs is 1. The Hall–Kier alpha value is -3.73. The Kier molecular flexibility index (Phi) is 5.19. The summed E-state index contributed by atoms with van der Waals surface area (Å²) < 4.78 is 0. The van der Waals surface area contributed by atoms with E-state index in [1.165, 1.54) is 0 Å². The van der Waals surface area contributed by atoms with E-state index in [4.69, 9.17) is 0 Å². The highest BCUT2D eigenvalue weighted by atomic mass is 16.2. The molecular formula is C25H23N3O2. The maximum Gasteiger partial charge on any atom is 0.260 e. The molecular weight excluding hydrogens is 374 g/mol. The highest BCUT2D eigenvalue weighted by Crippen LogP contribution is 2.25. The van der Waals surface area contributed by atoms with Crippen molar-refractivity contribution in [2.45, 2.75) is 27.3 Å². The average molecular weight is 397 g/mol. The molecule has 0 aliphatic heterocycles. The van der Waals surface area contributed by atoms with E-state index in [2.05, 4.69) is 9.97 Å². The summed E-state index contributed by atoms with van der Waals surface area (Å²) in [5.41, 5.74) is 5.45. The molecule has 2 aromatic carbocycles. The van der Waals surface area contributed by atoms with E-state index in [0.29, 0.717) is 11.1 Å². The number of aromatic nitrogens is 2. The average Bonchev–Trinajstić information content (AvgIpc) is 2.75. The predicted octanol–water partition coefficient (Wildman–Crippen LogP) is 4.70. The highest BCUT2D eigenvalue weighted by molar-refractivity contribution is 6.06. The summed E-state index contributed by atoms with van der Waals surface area (Å²) in [4.78, 5) is 35.0. The number of hydrogen-bond donors (Lipinski definition) is 1. The Morgan fingerprint density at radius 3 is 2.60 bits per heavy atom. The molecule has 0 fully saturated rings. The molecule has 0 saturated carbocycles. The molecule has 1 N–H and O–H groups in total. The van der Waals surface area contributed by atoms with Crippen molar-refractivity contribution < 1.29 is 4.79 Å². The van der Waals surface area contributed by atoms with Gasteiger partial charge >= 0.3 is 0 Å². The summed E-state index contributed by atoms with van der Waals surface area (Å²) in [6, 6.07) is 17.2. The van der Waals surface area contributed by atoms with Crippen molar-refractivity contribution in [3.8, 4) is 0 Å². The van der Waals surface area contributed by atoms with Crippen LogP contribution < -0.4 is 10.5 Å². The lowest BCUT2D eigenvalue weighted by molar-refractivity contribution is 0.0984. The van der Waals surface area contributed by atoms with Crippen LogP contribution in [0.4, 0.5) is 5.69 Å². The molecule has 2 heterocycles. The van der Waals surface area contributed by atoms with E-state index in [1.54, 1.807) is 29.4 Å². The lowest BCUT2D eigenvalue weighted by Gasteiger charge is -2.25. The summed E-state index contributed by atoms with van der Waals surface area (Å²) in [7, 11) is 0. The number of aromatic amines is 1. The Morgan fingerprint density at radius 2 is 1.83 bits per heavy atom. The van der Waals surface area contributed by atoms with Crippen LogP contribution in [0.5, 0.6) is 0 Å². The molecule has 4 aromatic rings. The minimum atomic E-state index is -0.194. The number of aryl methyl sites for hydroxylation is 3. The second-order valence-electron chi connectivity index (χ2n) is 7.59. The fourth-order valence-electron chi connectivity index (χ4n) is 3.64. The summed E-state index contributed by atoms with van der Waals surface area (Å²) in [6.45, 7) is 6.08. The van der Waals surface area contributed by atoms with Crippen molar-refractivity contribution in [2.75, 3.05) is 4.90 Å². The van der Waals surface area contributed by atoms with Gasteiger partial charge in [0, 0.05) is 23.6 Å². The van der Waals surface area contributed by atoms with Crippen molar-refractivity contribution >= 4 is 22.5 Å². The number of nitrogens with one attached hydrogen (secondary N) is 1. The molecule has 0 bridgehead atoms. The third-order valence-electron chi connectivity index (χ3n) is 5.30. The maximum atomic E-state index is 13.4. The van der Waals surface area contributed by atoms with Gasteiger partial charge in [-0.2, -0.15) is 0 Å². The zero-order valence-electron chi connectivity index (χ0n) is 17.3. The number of para-hydroxylation sites is 1. The quantitative estimate of drug-likeness (QED) is 0.543. The first-order valence-corrected chi connectivity index (χ1v) is 9.85. The number of nitrogens with zero attached hydrogens (tertiary/aromatic N) is 2. The first-order chi connectivity index (χ1) is 14.4. The van der Waals surface area contributed by atoms with Gasteiger partial charge in [-0.15, -0.1) is 0 Å². The van der Waals surface area contributed by atoms with Crippen LogP contribution in [0, 0.1) is 20.8 Å². The molecule has 0 radical (unpaired) electrons. The monoisotopic (exact) mass is 397 g/mol. The van der Waals surface area contributed by atoms with Gasteiger partial charge in [0.15, 0.2) is 0 Å². The molecule has 150 valence electrons. The summed E-state index contributed by atoms with van der Waals surface area (Å²) in [5, 5.41) is 0.944. The maximum absolute atomic E-state index is 13.4. The smallest absolute Gasteiger partial charge is 0.260 e. The molecule has 0 atom stereocenters. The van der Waals surface area contributed by atoms with Crippen LogP contribution in [0.25, 0.3) is 10.9 Å². The van der Waals surface area contributed by atoms with E-state index in [1.807, 2.05) is 63.2 Å². The number of benzene rings is 2. The third kappa shape index (κ3) is 3.74. The zero-order chi connectivity index (χ0) is 21.3. The number of anilines is 1. The summed E-state index contributed by atoms with van der Waals surface area (Å²) in [5.74, 6) is -0.194. The Balaban J connectivity index is 1.84. The standard InChI is InChI=1S/C25H23N3O2/c1-16-9-10-17(2)22(12-16)28(25(30)20-8-5-11-26-14-20)15-21-13-19-7-4-6-18(3)23(19)27-24(21)29/h4-14H,15H2,1-3H3,(H,27,29). The fourth-order valence-corrected chi connectivity index (χ4v) is 3.64. The molecule has 0 spiro atoms. The normalized spacial score (nSPS) is 10.9. The van der Waals surface area contributed by atoms with Crippen molar-refractivity contribution in [3.05, 3.63) is 105 Å². The Morgan fingerprint density at radius 1 is 1.00 bits per heavy atom. The van der Waals surface area contributed by atoms with Crippen molar-refractivity contribution in [1.29, 1.82) is 0 Å². The summed E-state index contributed by atoms with van der Waals surface area (Å²) >= 11 is 0. The van der Waals surface area contributed by atoms with Gasteiger partial charge in [0.1, 0.15) is 0 Å². The molecule has 0 aliphatic carbocycles. The lowest BCUT2D eigenvalue weighted by atomic mass is 10.1. The van der Waals surface area contributed by atoms with Gasteiger partial charge in [0.2, 0.25) is 0 Å². The van der Waals surface area contributed by atoms with Crippen LogP contribution in [-0.2, 0) is 6.54 Å². The molecule has 0 unspecified atom stereocenters. The Bertz CT molecular complexity index is 1290. The van der Waals surface area contributed by atoms with Crippen LogP contribution in [0.3, 0.4) is 0 Å². The van der Waals surface area contributed by atoms with Crippen LogP contribution >= 0.6 is 0 Å². The topological polar surface area (TPSA) is 66.1 Å². The number of rotatable bonds is 4. The number of carbonyl (C=O) groups is 1. The minimum Gasteiger partial charge on any atom is -0.321 e. The SMILES string of the molecule is Cc1ccc(C)c(N(Cc2cc3cccc(C)c3[nH]c2=O)C(=O)c2cccnc2)c1. The second-order valence-corrected chi connectivity index (χ2v) is 7.59. The van der Waals surface area contributed by atoms with Crippen LogP contribution in [0.2, 0.25) is 0 Å². The number of carbonyl (C=O) groups excluding carboxylic acids is 1. The number of amides is 1. The molecule has 5 heteroatoms. The van der Waals surface area contributed by atoms with Gasteiger partial charge in [-0.25, -0.2) is 0 Å². The highest BCUT2D eigenvalue weighted by Gasteiger charge is 2.21. The molecule has 4 rings (SSSR count). The second kappa shape index (κ2) is 7.95. The largest absolute Gasteiger partial charge is 0.321 e. The van der Waals surface area contributed by atoms with Gasteiger partial charge < -0.3 is 9.88 Å². The van der Waals surface area contributed by atoms with Gasteiger partial charge in [0.25, 0.3) is 11.5 Å². The molecule has 5 nitrogen and oxygen atoms in total. The van der Waals surface area contributed by atoms with E-state index in [9.17, 15) is 9.59 Å². The van der Waals surface area contributed by atoms with Gasteiger partial charge in [-0.05, 0) is 67.1 Å². The van der Waals surface area contributed by atoms with Crippen molar-refractivity contribution in [1.82, 2.24) is 9.97 Å². The number of hydrogen-bond acceptors (Lipinski definition) is 3. The fraction of sp³-hybridized carbons (Fsp3) is 0.160. The molecule has 30 heavy (non-hydrogen) atoms. The van der Waals surface area contributed by atoms with Gasteiger partial charge in [0.05, 0.1) is 17.6 Å². The zero-order valence-corrected chi connectivity index (χ0v) is 17.3. The Labute approximate surface area is 175 Å². The van der Waals surface area contributed by atoms with E-state index >= 15 is 0 Å². The lowest BCUT2D eigenvalue weighted by Crippen LogP contribution is -2.33. The molecule has 0 aliphatic rings. The minimum absolute atomic E-state index is 0.164. The first-order valence-electron chi connectivity index (χ1n) is 9.85. The van der Waals surface area contributed by atoms with Crippen LogP contribution in [-0.4, -0.2) is 15.9 Å². The number of pyridine rings is 2. The van der Waals surface area contributed by atoms with Gasteiger partial charge in [-0.1, -0.05) is 30.3 Å². The van der Waals surface area contributed by atoms with E-state index in [-0.39, 0.29) is 18.0 Å². The summed E-state index contributed by atoms with van der Waals surface area (Å²) in [6.07, 6.45) is 3.18. The predicted molar refractivity (Wildman–Crippen MR) is 120 cm³/mol. The number of H-pyrrole nitrogens is 1. The van der Waals surface area contributed by atoms with Crippen molar-refractivity contribution in [3.63, 3.8) is 0 Å². The molecule has 2 aromatic heterocycles. The first kappa shape index (κ1) is 19.6. The van der Waals surface area contributed by atoms with Crippen LogP contribution in [0.15, 0.2) is 71.8 Å². The molecule has 1 amide bonds. The van der Waals surface area contributed by atoms with Gasteiger partial charge in [-0.3, -0.25) is 14.6 Å².